The standard InChI is InChI=1S/C44H22N4S2/c1-45-25-11-17-38-33(21-25)29-7-3-5-9-37(29)47(38)27-13-19-41-35(23-27)36-24-28(14-20-42(36)49-41)48-39-18-12-26(46-2)22-34(39)31-15-16-32-30-8-4-6-10-40(30)50-44(32)43(31)48/h3-24H. The Labute approximate surface area is 293 Å². The molecule has 0 aliphatic carbocycles. The maximum Gasteiger partial charge on any atom is 0.188 e. The van der Waals surface area contributed by atoms with E-state index in [4.69, 9.17) is 13.1 Å². The molecular formula is C44H22N4S2. The Balaban J connectivity index is 1.20. The first-order valence-electron chi connectivity index (χ1n) is 16.3. The Hall–Kier alpha value is -6.44. The van der Waals surface area contributed by atoms with Crippen LogP contribution in [0.2, 0.25) is 0 Å². The van der Waals surface area contributed by atoms with Gasteiger partial charge in [-0.25, -0.2) is 9.69 Å². The number of para-hydroxylation sites is 1. The van der Waals surface area contributed by atoms with Crippen LogP contribution in [0.25, 0.3) is 105 Å². The van der Waals surface area contributed by atoms with Crippen molar-refractivity contribution in [3.63, 3.8) is 0 Å². The van der Waals surface area contributed by atoms with Gasteiger partial charge in [0.05, 0.1) is 39.9 Å². The first-order valence-corrected chi connectivity index (χ1v) is 18.0. The molecule has 0 radical (unpaired) electrons. The predicted octanol–water partition coefficient (Wildman–Crippen LogP) is 13.7. The molecule has 50 heavy (non-hydrogen) atoms. The van der Waals surface area contributed by atoms with Gasteiger partial charge in [-0.2, -0.15) is 0 Å². The fraction of sp³-hybridized carbons (Fsp3) is 0. The maximum atomic E-state index is 7.74. The number of hydrogen-bond donors (Lipinski definition) is 0. The Bertz CT molecular complexity index is 3360. The summed E-state index contributed by atoms with van der Waals surface area (Å²) in [5.41, 5.74) is 8.00. The molecule has 4 nitrogen and oxygen atoms in total. The Kier molecular flexibility index (Phi) is 5.52. The largest absolute Gasteiger partial charge is 0.309 e. The summed E-state index contributed by atoms with van der Waals surface area (Å²) < 4.78 is 9.75. The zero-order chi connectivity index (χ0) is 33.1. The Morgan fingerprint density at radius 3 is 1.68 bits per heavy atom. The average Bonchev–Trinajstić information content (AvgIpc) is 3.91. The van der Waals surface area contributed by atoms with Crippen LogP contribution in [0.15, 0.2) is 133 Å². The number of nitrogens with zero attached hydrogens (tertiary/aromatic N) is 4. The quantitative estimate of drug-likeness (QED) is 0.163. The highest BCUT2D eigenvalue weighted by atomic mass is 32.1. The first kappa shape index (κ1) is 27.5. The van der Waals surface area contributed by atoms with E-state index in [2.05, 4.69) is 128 Å². The van der Waals surface area contributed by atoms with Crippen LogP contribution in [0.5, 0.6) is 0 Å². The lowest BCUT2D eigenvalue weighted by Crippen LogP contribution is -1.94. The fourth-order valence-electron chi connectivity index (χ4n) is 7.95. The molecule has 0 aliphatic rings. The van der Waals surface area contributed by atoms with Crippen molar-refractivity contribution in [3.05, 3.63) is 156 Å². The van der Waals surface area contributed by atoms with Crippen molar-refractivity contribution in [3.8, 4) is 11.4 Å². The van der Waals surface area contributed by atoms with Gasteiger partial charge in [0.1, 0.15) is 0 Å². The summed E-state index contributed by atoms with van der Waals surface area (Å²) in [4.78, 5) is 7.49. The highest BCUT2D eigenvalue weighted by Crippen LogP contribution is 2.45. The smallest absolute Gasteiger partial charge is 0.188 e. The monoisotopic (exact) mass is 670 g/mol. The van der Waals surface area contributed by atoms with Crippen LogP contribution >= 0.6 is 22.7 Å². The van der Waals surface area contributed by atoms with Gasteiger partial charge < -0.3 is 9.13 Å². The number of rotatable bonds is 2. The SMILES string of the molecule is [C-]#[N+]c1ccc2c(c1)c1ccccc1n2-c1ccc2sc3ccc(-n4c5ccc([N+]#[C-])cc5c5ccc6c7ccccc7sc6c54)cc3c2c1. The summed E-state index contributed by atoms with van der Waals surface area (Å²) in [6, 6.07) is 47.3. The highest BCUT2D eigenvalue weighted by Gasteiger charge is 2.20. The number of aromatic nitrogens is 2. The molecular weight excluding hydrogens is 649 g/mol. The van der Waals surface area contributed by atoms with Crippen molar-refractivity contribution in [2.75, 3.05) is 0 Å². The molecule has 0 unspecified atom stereocenters. The summed E-state index contributed by atoms with van der Waals surface area (Å²) in [7, 11) is 0. The van der Waals surface area contributed by atoms with E-state index in [1.165, 1.54) is 45.9 Å². The maximum absolute atomic E-state index is 7.74. The van der Waals surface area contributed by atoms with E-state index in [-0.39, 0.29) is 0 Å². The van der Waals surface area contributed by atoms with Gasteiger partial charge in [-0.15, -0.1) is 22.7 Å². The van der Waals surface area contributed by atoms with Crippen LogP contribution in [0.1, 0.15) is 0 Å². The van der Waals surface area contributed by atoms with E-state index in [9.17, 15) is 0 Å². The van der Waals surface area contributed by atoms with E-state index in [0.29, 0.717) is 11.4 Å². The van der Waals surface area contributed by atoms with E-state index >= 15 is 0 Å². The highest BCUT2D eigenvalue weighted by molar-refractivity contribution is 7.26. The third-order valence-electron chi connectivity index (χ3n) is 10.1. The Morgan fingerprint density at radius 1 is 0.400 bits per heavy atom. The predicted molar refractivity (Wildman–Crippen MR) is 213 cm³/mol. The van der Waals surface area contributed by atoms with Crippen molar-refractivity contribution in [2.45, 2.75) is 0 Å². The molecule has 11 aromatic rings. The molecule has 6 heteroatoms. The molecule has 7 aromatic carbocycles. The van der Waals surface area contributed by atoms with Crippen LogP contribution in [0.3, 0.4) is 0 Å². The third-order valence-corrected chi connectivity index (χ3v) is 12.5. The number of thiophene rings is 2. The molecule has 0 saturated heterocycles. The summed E-state index contributed by atoms with van der Waals surface area (Å²) in [5.74, 6) is 0. The lowest BCUT2D eigenvalue weighted by molar-refractivity contribution is 1.19. The molecule has 0 saturated carbocycles. The van der Waals surface area contributed by atoms with Gasteiger partial charge in [0.2, 0.25) is 0 Å². The van der Waals surface area contributed by atoms with Gasteiger partial charge in [0, 0.05) is 57.8 Å². The van der Waals surface area contributed by atoms with Crippen LogP contribution in [-0.2, 0) is 0 Å². The van der Waals surface area contributed by atoms with Gasteiger partial charge in [-0.05, 0) is 83.6 Å². The van der Waals surface area contributed by atoms with Gasteiger partial charge in [-0.3, -0.25) is 0 Å². The molecule has 4 heterocycles. The van der Waals surface area contributed by atoms with Gasteiger partial charge in [-0.1, -0.05) is 60.7 Å². The van der Waals surface area contributed by atoms with Crippen molar-refractivity contribution in [2.24, 2.45) is 0 Å². The lowest BCUT2D eigenvalue weighted by atomic mass is 10.1. The minimum absolute atomic E-state index is 0.648. The zero-order valence-corrected chi connectivity index (χ0v) is 27.9. The summed E-state index contributed by atoms with van der Waals surface area (Å²) in [5, 5.41) is 9.46. The lowest BCUT2D eigenvalue weighted by Gasteiger charge is -2.10. The summed E-state index contributed by atoms with van der Waals surface area (Å²) >= 11 is 3.66. The molecule has 11 rings (SSSR count). The molecule has 0 atom stereocenters. The van der Waals surface area contributed by atoms with Gasteiger partial charge >= 0.3 is 0 Å². The summed E-state index contributed by atoms with van der Waals surface area (Å²) in [6.45, 7) is 15.3. The topological polar surface area (TPSA) is 18.6 Å². The van der Waals surface area contributed by atoms with Crippen LogP contribution in [0, 0.1) is 13.1 Å². The minimum Gasteiger partial charge on any atom is -0.309 e. The minimum atomic E-state index is 0.648. The van der Waals surface area contributed by atoms with E-state index in [1.54, 1.807) is 0 Å². The second-order valence-electron chi connectivity index (χ2n) is 12.7. The Morgan fingerprint density at radius 2 is 0.960 bits per heavy atom. The summed E-state index contributed by atoms with van der Waals surface area (Å²) in [6.07, 6.45) is 0. The van der Waals surface area contributed by atoms with Crippen LogP contribution in [0.4, 0.5) is 11.4 Å². The fourth-order valence-corrected chi connectivity index (χ4v) is 10.3. The average molecular weight is 671 g/mol. The number of hydrogen-bond acceptors (Lipinski definition) is 2. The number of fused-ring (bicyclic) bond motifs is 13. The third kappa shape index (κ3) is 3.67. The first-order chi connectivity index (χ1) is 24.7. The molecule has 0 bridgehead atoms. The molecule has 0 amide bonds. The van der Waals surface area contributed by atoms with Crippen LogP contribution < -0.4 is 0 Å². The second-order valence-corrected chi connectivity index (χ2v) is 14.9. The molecule has 0 N–H and O–H groups in total. The molecule has 0 aliphatic heterocycles. The van der Waals surface area contributed by atoms with E-state index in [1.807, 2.05) is 46.9 Å². The normalized spacial score (nSPS) is 12.0. The molecule has 0 spiro atoms. The van der Waals surface area contributed by atoms with E-state index < -0.39 is 0 Å². The van der Waals surface area contributed by atoms with Crippen molar-refractivity contribution in [1.29, 1.82) is 0 Å². The zero-order valence-electron chi connectivity index (χ0n) is 26.3. The van der Waals surface area contributed by atoms with Crippen LogP contribution in [-0.4, -0.2) is 9.13 Å². The van der Waals surface area contributed by atoms with Gasteiger partial charge in [0.25, 0.3) is 0 Å². The molecule has 0 fully saturated rings. The molecule has 230 valence electrons. The van der Waals surface area contributed by atoms with Crippen molar-refractivity contribution < 1.29 is 0 Å². The second kappa shape index (κ2) is 10.0. The van der Waals surface area contributed by atoms with Crippen molar-refractivity contribution in [1.82, 2.24) is 9.13 Å². The number of benzene rings is 7. The molecule has 4 aromatic heterocycles. The van der Waals surface area contributed by atoms with Crippen molar-refractivity contribution >= 4 is 118 Å². The van der Waals surface area contributed by atoms with Gasteiger partial charge in [0.15, 0.2) is 11.4 Å². The van der Waals surface area contributed by atoms with E-state index in [0.717, 1.165) is 49.5 Å².